The van der Waals surface area contributed by atoms with Crippen molar-refractivity contribution >= 4 is 21.5 Å². The van der Waals surface area contributed by atoms with E-state index < -0.39 is 0 Å². The van der Waals surface area contributed by atoms with E-state index in [0.717, 1.165) is 96.1 Å². The summed E-state index contributed by atoms with van der Waals surface area (Å²) in [7, 11) is 0. The lowest BCUT2D eigenvalue weighted by Gasteiger charge is -2.34. The molecule has 2 unspecified atom stereocenters. The molecule has 17 aromatic rings. The van der Waals surface area contributed by atoms with Crippen LogP contribution in [0.5, 0.6) is 0 Å². The van der Waals surface area contributed by atoms with Gasteiger partial charge >= 0.3 is 0 Å². The summed E-state index contributed by atoms with van der Waals surface area (Å²) in [5, 5.41) is 5.04. The minimum absolute atomic E-state index is 0.159. The minimum Gasteiger partial charge on any atom is -0.233 e. The van der Waals surface area contributed by atoms with E-state index in [2.05, 4.69) is 305 Å². The maximum Gasteiger partial charge on any atom is 0.160 e. The van der Waals surface area contributed by atoms with Crippen molar-refractivity contribution in [2.45, 2.75) is 44.9 Å². The van der Waals surface area contributed by atoms with Crippen LogP contribution in [0, 0.1) is 6.92 Å². The molecule has 3 heterocycles. The zero-order chi connectivity index (χ0) is 73.6. The highest BCUT2D eigenvalue weighted by Crippen LogP contribution is 2.50. The number of aryl methyl sites for hydroxylation is 1. The molecular formula is C103H78N6. The topological polar surface area (TPSA) is 77.3 Å². The Morgan fingerprint density at radius 1 is 0.229 bits per heavy atom. The molecule has 6 nitrogen and oxygen atoms in total. The fourth-order valence-corrected chi connectivity index (χ4v) is 15.1. The normalized spacial score (nSPS) is 13.2. The molecule has 2 atom stereocenters. The van der Waals surface area contributed by atoms with Crippen LogP contribution in [0.3, 0.4) is 0 Å². The molecule has 0 fully saturated rings. The number of rotatable bonds is 11. The number of benzene rings is 14. The molecule has 3 aromatic heterocycles. The largest absolute Gasteiger partial charge is 0.233 e. The molecule has 14 aromatic carbocycles. The van der Waals surface area contributed by atoms with E-state index >= 15 is 0 Å². The number of aromatic nitrogens is 6. The molecule has 0 bridgehead atoms. The Hall–Kier alpha value is -13.7. The van der Waals surface area contributed by atoms with Gasteiger partial charge in [0.25, 0.3) is 0 Å². The van der Waals surface area contributed by atoms with E-state index in [0.29, 0.717) is 11.8 Å². The van der Waals surface area contributed by atoms with Gasteiger partial charge in [-0.2, -0.15) is 0 Å². The van der Waals surface area contributed by atoms with Gasteiger partial charge in [-0.25, -0.2) is 29.9 Å². The molecule has 0 radical (unpaired) electrons. The molecule has 0 saturated heterocycles. The molecule has 2 aliphatic rings. The van der Waals surface area contributed by atoms with Crippen LogP contribution in [-0.2, 0) is 5.41 Å². The van der Waals surface area contributed by atoms with Gasteiger partial charge in [0.05, 0.1) is 28.5 Å². The van der Waals surface area contributed by atoms with Gasteiger partial charge in [0.1, 0.15) is 0 Å². The molecule has 0 spiro atoms. The summed E-state index contributed by atoms with van der Waals surface area (Å²) in [5.41, 5.74) is 28.2. The van der Waals surface area contributed by atoms with Crippen molar-refractivity contribution < 1.29 is 0 Å². The Morgan fingerprint density at radius 2 is 0.596 bits per heavy atom. The van der Waals surface area contributed by atoms with Crippen molar-refractivity contribution in [3.8, 4) is 135 Å². The van der Waals surface area contributed by atoms with Gasteiger partial charge in [-0.3, -0.25) is 0 Å². The highest BCUT2D eigenvalue weighted by molar-refractivity contribution is 6.14. The molecule has 2 aliphatic carbocycles. The molecule has 0 aliphatic heterocycles. The van der Waals surface area contributed by atoms with Crippen molar-refractivity contribution in [2.75, 3.05) is 0 Å². The van der Waals surface area contributed by atoms with Gasteiger partial charge in [-0.15, -0.1) is 0 Å². The molecule has 6 heteroatoms. The van der Waals surface area contributed by atoms with Crippen LogP contribution in [0.4, 0.5) is 0 Å². The number of hydrogen-bond acceptors (Lipinski definition) is 6. The molecule has 0 saturated carbocycles. The van der Waals surface area contributed by atoms with E-state index in [9.17, 15) is 0 Å². The highest BCUT2D eigenvalue weighted by Gasteiger charge is 2.32. The molecule has 0 amide bonds. The van der Waals surface area contributed by atoms with Crippen molar-refractivity contribution in [2.24, 2.45) is 0 Å². The molecular weight excluding hydrogens is 1320 g/mol. The van der Waals surface area contributed by atoms with E-state index in [-0.39, 0.29) is 5.41 Å². The number of hydrogen-bond donors (Lipinski definition) is 0. The third-order valence-electron chi connectivity index (χ3n) is 20.7. The first kappa shape index (κ1) is 68.4. The summed E-state index contributed by atoms with van der Waals surface area (Å²) in [6.45, 7) is 8.74. The van der Waals surface area contributed by atoms with Crippen LogP contribution in [0.1, 0.15) is 55.0 Å². The maximum atomic E-state index is 5.04. The average Bonchev–Trinajstić information content (AvgIpc) is 0.745. The zero-order valence-corrected chi connectivity index (χ0v) is 61.3. The van der Waals surface area contributed by atoms with Gasteiger partial charge in [0, 0.05) is 62.0 Å². The Bertz CT molecular complexity index is 6070. The van der Waals surface area contributed by atoms with Crippen molar-refractivity contribution in [3.63, 3.8) is 0 Å². The fraction of sp³-hybridized carbons (Fsp3) is 0.0680. The quantitative estimate of drug-likeness (QED) is 0.120. The Balaban J connectivity index is 0.000000122. The molecule has 0 N–H and O–H groups in total. The van der Waals surface area contributed by atoms with Crippen LogP contribution in [0.15, 0.2) is 388 Å². The Labute approximate surface area is 638 Å². The van der Waals surface area contributed by atoms with Crippen LogP contribution in [-0.4, -0.2) is 29.9 Å². The van der Waals surface area contributed by atoms with E-state index in [1.807, 2.05) is 116 Å². The first-order chi connectivity index (χ1) is 53.5. The third kappa shape index (κ3) is 14.8. The Morgan fingerprint density at radius 3 is 1.14 bits per heavy atom. The predicted octanol–water partition coefficient (Wildman–Crippen LogP) is 26.7. The second-order valence-electron chi connectivity index (χ2n) is 28.9. The minimum atomic E-state index is 0.159. The highest BCUT2D eigenvalue weighted by atomic mass is 14.9. The lowest BCUT2D eigenvalue weighted by Crippen LogP contribution is -2.16. The lowest BCUT2D eigenvalue weighted by molar-refractivity contribution is 0.590. The number of allylic oxidation sites excluding steroid dienone is 4. The summed E-state index contributed by atoms with van der Waals surface area (Å²) in [5.74, 6) is 3.00. The Kier molecular flexibility index (Phi) is 19.1. The monoisotopic (exact) mass is 1400 g/mol. The maximum absolute atomic E-state index is 5.04. The van der Waals surface area contributed by atoms with Crippen LogP contribution >= 0.6 is 0 Å². The molecule has 19 rings (SSSR count). The van der Waals surface area contributed by atoms with Crippen molar-refractivity contribution in [1.82, 2.24) is 29.9 Å². The van der Waals surface area contributed by atoms with E-state index in [1.165, 1.54) is 82.7 Å². The van der Waals surface area contributed by atoms with E-state index in [4.69, 9.17) is 24.9 Å². The van der Waals surface area contributed by atoms with Gasteiger partial charge < -0.3 is 0 Å². The number of fused-ring (bicyclic) bond motifs is 9. The van der Waals surface area contributed by atoms with Crippen molar-refractivity contribution in [3.05, 3.63) is 411 Å². The fourth-order valence-electron chi connectivity index (χ4n) is 15.1. The summed E-state index contributed by atoms with van der Waals surface area (Å²) < 4.78 is 0. The van der Waals surface area contributed by atoms with E-state index in [1.54, 1.807) is 0 Å². The summed E-state index contributed by atoms with van der Waals surface area (Å²) >= 11 is 0. The van der Waals surface area contributed by atoms with Gasteiger partial charge in [0.2, 0.25) is 0 Å². The number of nitrogens with zero attached hydrogens (tertiary/aromatic N) is 6. The summed E-state index contributed by atoms with van der Waals surface area (Å²) in [6.07, 6.45) is 9.06. The standard InChI is InChI=1S/C40H28N2.C36H24N2.C27H26N2/c1-3-11-28(12-4-1)38-26-39(42-40(41-38)30-13-5-2-6-14-30)29-21-19-27(20-22-29)31-23-24-36-34-17-8-7-15-32(34)33-16-9-10-18-35(33)37(36)25-31;1-3-12-25(13-4-1)34-24-35(38-36(37-34)26-14-5-2-6-15-26)29-18-11-17-27(22-29)33-23-28-16-7-8-19-30(28)31-20-9-10-21-32(31)33;1-19-17-25(29-26(28-19)21-9-6-5-7-10-21)23-12-8-11-22(18-23)20-13-15-24(16-14-20)27(2,3)4/h1-26,32,34H;1-24H;5-18H,1-4H3. The molecule has 520 valence electrons. The first-order valence-electron chi connectivity index (χ1n) is 37.4. The molecule has 109 heavy (non-hydrogen) atoms. The zero-order valence-electron chi connectivity index (χ0n) is 61.3. The van der Waals surface area contributed by atoms with Crippen LogP contribution in [0.2, 0.25) is 0 Å². The van der Waals surface area contributed by atoms with Crippen molar-refractivity contribution in [1.29, 1.82) is 0 Å². The van der Waals surface area contributed by atoms with Gasteiger partial charge in [0.15, 0.2) is 17.5 Å². The summed E-state index contributed by atoms with van der Waals surface area (Å²) in [6, 6.07) is 128. The van der Waals surface area contributed by atoms with Crippen LogP contribution in [0.25, 0.3) is 157 Å². The van der Waals surface area contributed by atoms with Gasteiger partial charge in [-0.1, -0.05) is 367 Å². The second kappa shape index (κ2) is 30.4. The third-order valence-corrected chi connectivity index (χ3v) is 20.7. The second-order valence-corrected chi connectivity index (χ2v) is 28.9. The SMILES string of the molecule is C1=CC2c3ccccc3-c3cc(-c4ccc(-c5cc(-c6ccccc6)nc(-c6ccccc6)n5)cc4)ccc3C2C=C1.Cc1cc(-c2cccc(-c3ccc(C(C)(C)C)cc3)c2)nc(-c2ccccc2)n1.c1ccc(-c2cc(-c3cccc(-c4cc5ccccc5c5ccccc45)c3)nc(-c3ccccc3)n2)cc1. The lowest BCUT2D eigenvalue weighted by atomic mass is 9.69. The predicted molar refractivity (Wildman–Crippen MR) is 454 cm³/mol. The van der Waals surface area contributed by atoms with Gasteiger partial charge in [-0.05, 0) is 138 Å². The summed E-state index contributed by atoms with van der Waals surface area (Å²) in [4.78, 5) is 29.4. The first-order valence-corrected chi connectivity index (χ1v) is 37.4. The average molecular weight is 1400 g/mol. The smallest absolute Gasteiger partial charge is 0.160 e. The van der Waals surface area contributed by atoms with Crippen LogP contribution < -0.4 is 0 Å².